The fraction of sp³-hybridized carbons (Fsp3) is 0.385. The van der Waals surface area contributed by atoms with Crippen LogP contribution in [0.15, 0.2) is 18.2 Å². The van der Waals surface area contributed by atoms with Crippen molar-refractivity contribution in [3.05, 3.63) is 34.9 Å². The second-order valence-corrected chi connectivity index (χ2v) is 3.79. The molecule has 1 aromatic carbocycles. The molecule has 0 aliphatic carbocycles. The molecule has 0 amide bonds. The lowest BCUT2D eigenvalue weighted by Gasteiger charge is -2.22. The number of hydrogen-bond acceptors (Lipinski definition) is 1. The van der Waals surface area contributed by atoms with Crippen molar-refractivity contribution >= 4 is 5.57 Å². The van der Waals surface area contributed by atoms with Crippen LogP contribution in [0.5, 0.6) is 5.75 Å². The Kier molecular flexibility index (Phi) is 2.32. The van der Waals surface area contributed by atoms with Gasteiger partial charge in [-0.05, 0) is 43.5 Å². The average molecular weight is 188 g/mol. The third-order valence-electron chi connectivity index (χ3n) is 3.00. The summed E-state index contributed by atoms with van der Waals surface area (Å²) in [5.74, 6) is 1.05. The molecular weight excluding hydrogens is 172 g/mol. The van der Waals surface area contributed by atoms with Gasteiger partial charge in [0.15, 0.2) is 0 Å². The molecule has 0 saturated carbocycles. The maximum Gasteiger partial charge on any atom is 0.127 e. The summed E-state index contributed by atoms with van der Waals surface area (Å²) in [6.45, 7) is 7.24. The molecule has 0 bridgehead atoms. The summed E-state index contributed by atoms with van der Waals surface area (Å²) < 4.78 is 5.65. The smallest absolute Gasteiger partial charge is 0.127 e. The van der Waals surface area contributed by atoms with Crippen molar-refractivity contribution in [2.75, 3.05) is 6.61 Å². The first-order chi connectivity index (χ1) is 6.74. The van der Waals surface area contributed by atoms with Gasteiger partial charge in [-0.1, -0.05) is 12.1 Å². The number of aryl methyl sites for hydroxylation is 1. The lowest BCUT2D eigenvalue weighted by molar-refractivity contribution is 0.316. The Balaban J connectivity index is 2.65. The molecule has 0 saturated heterocycles. The van der Waals surface area contributed by atoms with Gasteiger partial charge in [0.1, 0.15) is 5.75 Å². The molecule has 1 heteroatoms. The molecule has 0 spiro atoms. The minimum Gasteiger partial charge on any atom is -0.493 e. The van der Waals surface area contributed by atoms with Crippen molar-refractivity contribution < 1.29 is 4.74 Å². The van der Waals surface area contributed by atoms with Gasteiger partial charge >= 0.3 is 0 Å². The molecule has 2 rings (SSSR count). The highest BCUT2D eigenvalue weighted by Gasteiger charge is 2.17. The maximum absolute atomic E-state index is 5.65. The Morgan fingerprint density at radius 2 is 2.07 bits per heavy atom. The van der Waals surface area contributed by atoms with Crippen molar-refractivity contribution in [3.8, 4) is 5.75 Å². The van der Waals surface area contributed by atoms with E-state index in [1.165, 1.54) is 22.3 Å². The van der Waals surface area contributed by atoms with E-state index in [0.29, 0.717) is 0 Å². The van der Waals surface area contributed by atoms with Crippen LogP contribution in [0.25, 0.3) is 5.57 Å². The summed E-state index contributed by atoms with van der Waals surface area (Å²) in [5.41, 5.74) is 5.44. The van der Waals surface area contributed by atoms with Gasteiger partial charge in [0.25, 0.3) is 0 Å². The summed E-state index contributed by atoms with van der Waals surface area (Å²) in [4.78, 5) is 0. The number of ether oxygens (including phenoxy) is 1. The molecule has 0 aromatic heterocycles. The molecule has 1 aromatic rings. The Morgan fingerprint density at radius 3 is 2.79 bits per heavy atom. The molecule has 1 aliphatic rings. The minimum absolute atomic E-state index is 0.815. The number of allylic oxidation sites excluding steroid dienone is 1. The zero-order chi connectivity index (χ0) is 10.1. The van der Waals surface area contributed by atoms with Gasteiger partial charge < -0.3 is 4.74 Å². The molecule has 0 atom stereocenters. The summed E-state index contributed by atoms with van der Waals surface area (Å²) in [6, 6.07) is 4.22. The monoisotopic (exact) mass is 188 g/mol. The number of rotatable bonds is 0. The predicted molar refractivity (Wildman–Crippen MR) is 59.7 cm³/mol. The zero-order valence-electron chi connectivity index (χ0n) is 9.05. The van der Waals surface area contributed by atoms with E-state index < -0.39 is 0 Å². The van der Waals surface area contributed by atoms with Crippen molar-refractivity contribution in [1.29, 1.82) is 0 Å². The highest BCUT2D eigenvalue weighted by atomic mass is 16.5. The third kappa shape index (κ3) is 1.33. The second-order valence-electron chi connectivity index (χ2n) is 3.79. The minimum atomic E-state index is 0.815. The van der Waals surface area contributed by atoms with Crippen LogP contribution in [0.4, 0.5) is 0 Å². The van der Waals surface area contributed by atoms with Crippen LogP contribution in [0.3, 0.4) is 0 Å². The van der Waals surface area contributed by atoms with Crippen LogP contribution >= 0.6 is 0 Å². The van der Waals surface area contributed by atoms with Gasteiger partial charge in [0, 0.05) is 12.0 Å². The molecular formula is C13H16O. The van der Waals surface area contributed by atoms with Crippen LogP contribution < -0.4 is 4.74 Å². The van der Waals surface area contributed by atoms with Gasteiger partial charge in [-0.3, -0.25) is 0 Å². The van der Waals surface area contributed by atoms with Crippen LogP contribution in [0.2, 0.25) is 0 Å². The number of fused-ring (bicyclic) bond motifs is 1. The Hall–Kier alpha value is -1.24. The van der Waals surface area contributed by atoms with E-state index in [-0.39, 0.29) is 0 Å². The van der Waals surface area contributed by atoms with E-state index in [1.807, 2.05) is 0 Å². The fourth-order valence-corrected chi connectivity index (χ4v) is 1.99. The standard InChI is InChI=1S/C13H16O/c1-4-11-7-8-14-12-6-5-9(2)10(3)13(11)12/h4-6H,7-8H2,1-3H3/b11-4-. The summed E-state index contributed by atoms with van der Waals surface area (Å²) in [6.07, 6.45) is 3.24. The van der Waals surface area contributed by atoms with E-state index >= 15 is 0 Å². The van der Waals surface area contributed by atoms with E-state index in [1.54, 1.807) is 0 Å². The molecule has 1 nitrogen and oxygen atoms in total. The zero-order valence-corrected chi connectivity index (χ0v) is 9.05. The fourth-order valence-electron chi connectivity index (χ4n) is 1.99. The Morgan fingerprint density at radius 1 is 1.29 bits per heavy atom. The van der Waals surface area contributed by atoms with Crippen LogP contribution in [0, 0.1) is 13.8 Å². The molecule has 1 heterocycles. The van der Waals surface area contributed by atoms with Gasteiger partial charge in [-0.2, -0.15) is 0 Å². The van der Waals surface area contributed by atoms with Gasteiger partial charge in [-0.15, -0.1) is 0 Å². The molecule has 14 heavy (non-hydrogen) atoms. The molecule has 0 radical (unpaired) electrons. The van der Waals surface area contributed by atoms with Crippen LogP contribution in [-0.4, -0.2) is 6.61 Å². The third-order valence-corrected chi connectivity index (χ3v) is 3.00. The first-order valence-electron chi connectivity index (χ1n) is 5.12. The average Bonchev–Trinajstić information content (AvgIpc) is 2.23. The van der Waals surface area contributed by atoms with E-state index in [9.17, 15) is 0 Å². The topological polar surface area (TPSA) is 9.23 Å². The largest absolute Gasteiger partial charge is 0.493 e. The maximum atomic E-state index is 5.65. The first kappa shape index (κ1) is 9.32. The van der Waals surface area contributed by atoms with Crippen molar-refractivity contribution in [2.45, 2.75) is 27.2 Å². The van der Waals surface area contributed by atoms with Crippen LogP contribution in [0.1, 0.15) is 30.0 Å². The van der Waals surface area contributed by atoms with Gasteiger partial charge in [0.2, 0.25) is 0 Å². The molecule has 0 N–H and O–H groups in total. The number of hydrogen-bond donors (Lipinski definition) is 0. The SMILES string of the molecule is C/C=C1/CCOc2ccc(C)c(C)c21. The molecule has 0 fully saturated rings. The normalized spacial score (nSPS) is 17.8. The summed E-state index contributed by atoms with van der Waals surface area (Å²) >= 11 is 0. The Bertz CT molecular complexity index is 388. The lowest BCUT2D eigenvalue weighted by Crippen LogP contribution is -2.09. The molecule has 0 unspecified atom stereocenters. The van der Waals surface area contributed by atoms with Crippen molar-refractivity contribution in [3.63, 3.8) is 0 Å². The lowest BCUT2D eigenvalue weighted by atomic mass is 9.92. The Labute approximate surface area is 85.4 Å². The second kappa shape index (κ2) is 3.49. The van der Waals surface area contributed by atoms with Crippen molar-refractivity contribution in [2.24, 2.45) is 0 Å². The summed E-state index contributed by atoms with van der Waals surface area (Å²) in [5, 5.41) is 0. The van der Waals surface area contributed by atoms with Crippen LogP contribution in [-0.2, 0) is 0 Å². The molecule has 74 valence electrons. The van der Waals surface area contributed by atoms with E-state index in [4.69, 9.17) is 4.74 Å². The highest BCUT2D eigenvalue weighted by Crippen LogP contribution is 2.36. The van der Waals surface area contributed by atoms with Gasteiger partial charge in [0.05, 0.1) is 6.61 Å². The predicted octanol–water partition coefficient (Wildman–Crippen LogP) is 3.49. The highest BCUT2D eigenvalue weighted by molar-refractivity contribution is 5.75. The number of benzene rings is 1. The molecule has 1 aliphatic heterocycles. The van der Waals surface area contributed by atoms with Crippen molar-refractivity contribution in [1.82, 2.24) is 0 Å². The van der Waals surface area contributed by atoms with E-state index in [0.717, 1.165) is 18.8 Å². The van der Waals surface area contributed by atoms with Gasteiger partial charge in [-0.25, -0.2) is 0 Å². The first-order valence-corrected chi connectivity index (χ1v) is 5.12. The van der Waals surface area contributed by atoms with E-state index in [2.05, 4.69) is 39.0 Å². The quantitative estimate of drug-likeness (QED) is 0.605. The summed E-state index contributed by atoms with van der Waals surface area (Å²) in [7, 11) is 0.